The maximum atomic E-state index is 12.0. The smallest absolute Gasteiger partial charge is 0.227 e. The van der Waals surface area contributed by atoms with E-state index >= 15 is 0 Å². The van der Waals surface area contributed by atoms with Crippen LogP contribution in [0.5, 0.6) is 0 Å². The molecule has 1 amide bonds. The Labute approximate surface area is 119 Å². The van der Waals surface area contributed by atoms with Crippen LogP contribution in [0.2, 0.25) is 5.02 Å². The lowest BCUT2D eigenvalue weighted by atomic mass is 10.00. The zero-order chi connectivity index (χ0) is 12.3. The van der Waals surface area contributed by atoms with Crippen molar-refractivity contribution < 1.29 is 4.79 Å². The minimum Gasteiger partial charge on any atom is -0.352 e. The Bertz CT molecular complexity index is 406. The lowest BCUT2D eigenvalue weighted by molar-refractivity contribution is -0.122. The van der Waals surface area contributed by atoms with Gasteiger partial charge in [-0.3, -0.25) is 4.79 Å². The number of hydrogen-bond donors (Lipinski definition) is 2. The van der Waals surface area contributed by atoms with Crippen LogP contribution < -0.4 is 10.6 Å². The lowest BCUT2D eigenvalue weighted by Crippen LogP contribution is -2.38. The molecule has 1 aliphatic rings. The fraction of sp³-hybridized carbons (Fsp3) is 0.462. The molecular formula is C13H18Cl2N2O. The molecule has 0 aromatic heterocycles. The predicted octanol–water partition coefficient (Wildman–Crippen LogP) is 2.34. The summed E-state index contributed by atoms with van der Waals surface area (Å²) in [4.78, 5) is 12.0. The predicted molar refractivity (Wildman–Crippen MR) is 76.5 cm³/mol. The average molecular weight is 289 g/mol. The normalized spacial score (nSPS) is 20.0. The molecule has 2 unspecified atom stereocenters. The van der Waals surface area contributed by atoms with Crippen molar-refractivity contribution in [3.8, 4) is 0 Å². The number of halogens is 2. The Morgan fingerprint density at radius 1 is 1.56 bits per heavy atom. The van der Waals surface area contributed by atoms with Gasteiger partial charge in [-0.15, -0.1) is 12.4 Å². The number of benzene rings is 1. The van der Waals surface area contributed by atoms with Gasteiger partial charge in [0, 0.05) is 17.6 Å². The van der Waals surface area contributed by atoms with Gasteiger partial charge in [0.1, 0.15) is 0 Å². The van der Waals surface area contributed by atoms with Crippen LogP contribution in [-0.2, 0) is 4.79 Å². The molecule has 1 heterocycles. The topological polar surface area (TPSA) is 41.1 Å². The SMILES string of the molecule is CC(C(=O)NC1CCNC1)c1cccc(Cl)c1.Cl. The molecule has 0 aliphatic carbocycles. The van der Waals surface area contributed by atoms with Crippen LogP contribution in [0.4, 0.5) is 0 Å². The van der Waals surface area contributed by atoms with Gasteiger partial charge in [0.05, 0.1) is 5.92 Å². The molecule has 1 aromatic rings. The molecule has 1 aromatic carbocycles. The zero-order valence-corrected chi connectivity index (χ0v) is 11.9. The highest BCUT2D eigenvalue weighted by Crippen LogP contribution is 2.19. The van der Waals surface area contributed by atoms with Crippen molar-refractivity contribution in [2.24, 2.45) is 0 Å². The molecule has 1 aliphatic heterocycles. The summed E-state index contributed by atoms with van der Waals surface area (Å²) in [6, 6.07) is 7.74. The zero-order valence-electron chi connectivity index (χ0n) is 10.3. The molecule has 0 bridgehead atoms. The summed E-state index contributed by atoms with van der Waals surface area (Å²) in [7, 11) is 0. The Hall–Kier alpha value is -0.770. The van der Waals surface area contributed by atoms with Gasteiger partial charge in [-0.1, -0.05) is 23.7 Å². The highest BCUT2D eigenvalue weighted by Gasteiger charge is 2.21. The molecule has 5 heteroatoms. The van der Waals surface area contributed by atoms with Crippen LogP contribution in [0.1, 0.15) is 24.8 Å². The van der Waals surface area contributed by atoms with E-state index < -0.39 is 0 Å². The number of carbonyl (C=O) groups is 1. The van der Waals surface area contributed by atoms with Gasteiger partial charge in [-0.2, -0.15) is 0 Å². The summed E-state index contributed by atoms with van der Waals surface area (Å²) in [5.41, 5.74) is 0.959. The van der Waals surface area contributed by atoms with Gasteiger partial charge < -0.3 is 10.6 Å². The fourth-order valence-corrected chi connectivity index (χ4v) is 2.23. The standard InChI is InChI=1S/C13H17ClN2O.ClH/c1-9(10-3-2-4-11(14)7-10)13(17)16-12-5-6-15-8-12;/h2-4,7,9,12,15H,5-6,8H2,1H3,(H,16,17);1H. The molecule has 2 rings (SSSR count). The maximum Gasteiger partial charge on any atom is 0.227 e. The first-order valence-electron chi connectivity index (χ1n) is 5.93. The minimum absolute atomic E-state index is 0. The van der Waals surface area contributed by atoms with Gasteiger partial charge in [-0.05, 0) is 37.6 Å². The first-order valence-corrected chi connectivity index (χ1v) is 6.31. The highest BCUT2D eigenvalue weighted by atomic mass is 35.5. The van der Waals surface area contributed by atoms with E-state index in [1.807, 2.05) is 31.2 Å². The molecule has 18 heavy (non-hydrogen) atoms. The number of amides is 1. The van der Waals surface area contributed by atoms with Crippen LogP contribution in [0.15, 0.2) is 24.3 Å². The van der Waals surface area contributed by atoms with E-state index in [4.69, 9.17) is 11.6 Å². The summed E-state index contributed by atoms with van der Waals surface area (Å²) >= 11 is 5.92. The van der Waals surface area contributed by atoms with Crippen molar-refractivity contribution in [2.75, 3.05) is 13.1 Å². The van der Waals surface area contributed by atoms with Crippen LogP contribution in [-0.4, -0.2) is 25.0 Å². The van der Waals surface area contributed by atoms with Gasteiger partial charge >= 0.3 is 0 Å². The second-order valence-electron chi connectivity index (χ2n) is 4.48. The van der Waals surface area contributed by atoms with E-state index in [1.54, 1.807) is 0 Å². The fourth-order valence-electron chi connectivity index (χ4n) is 2.03. The van der Waals surface area contributed by atoms with Crippen LogP contribution >= 0.6 is 24.0 Å². The van der Waals surface area contributed by atoms with Crippen molar-refractivity contribution >= 4 is 29.9 Å². The van der Waals surface area contributed by atoms with Gasteiger partial charge in [0.15, 0.2) is 0 Å². The van der Waals surface area contributed by atoms with Gasteiger partial charge in [0.2, 0.25) is 5.91 Å². The largest absolute Gasteiger partial charge is 0.352 e. The third-order valence-electron chi connectivity index (χ3n) is 3.15. The summed E-state index contributed by atoms with van der Waals surface area (Å²) in [6.45, 7) is 3.76. The molecule has 100 valence electrons. The molecule has 0 spiro atoms. The molecule has 3 nitrogen and oxygen atoms in total. The Morgan fingerprint density at radius 2 is 2.33 bits per heavy atom. The number of hydrogen-bond acceptors (Lipinski definition) is 2. The number of nitrogens with one attached hydrogen (secondary N) is 2. The van der Waals surface area contributed by atoms with Crippen molar-refractivity contribution in [3.05, 3.63) is 34.9 Å². The Balaban J connectivity index is 0.00000162. The van der Waals surface area contributed by atoms with Crippen LogP contribution in [0.25, 0.3) is 0 Å². The Morgan fingerprint density at radius 3 is 2.94 bits per heavy atom. The summed E-state index contributed by atoms with van der Waals surface area (Å²) in [5, 5.41) is 6.95. The highest BCUT2D eigenvalue weighted by molar-refractivity contribution is 6.30. The van der Waals surface area contributed by atoms with E-state index in [1.165, 1.54) is 0 Å². The third kappa shape index (κ3) is 3.87. The van der Waals surface area contributed by atoms with Crippen molar-refractivity contribution in [3.63, 3.8) is 0 Å². The first kappa shape index (κ1) is 15.3. The van der Waals surface area contributed by atoms with Gasteiger partial charge in [-0.25, -0.2) is 0 Å². The number of carbonyl (C=O) groups excluding carboxylic acids is 1. The first-order chi connectivity index (χ1) is 8.16. The van der Waals surface area contributed by atoms with E-state index in [9.17, 15) is 4.79 Å². The quantitative estimate of drug-likeness (QED) is 0.896. The van der Waals surface area contributed by atoms with Gasteiger partial charge in [0.25, 0.3) is 0 Å². The third-order valence-corrected chi connectivity index (χ3v) is 3.38. The Kier molecular flexibility index (Phi) is 5.93. The number of rotatable bonds is 3. The van der Waals surface area contributed by atoms with E-state index in [-0.39, 0.29) is 30.3 Å². The minimum atomic E-state index is -0.158. The molecule has 1 saturated heterocycles. The van der Waals surface area contributed by atoms with E-state index in [0.717, 1.165) is 25.1 Å². The lowest BCUT2D eigenvalue weighted by Gasteiger charge is -2.16. The monoisotopic (exact) mass is 288 g/mol. The molecule has 0 radical (unpaired) electrons. The second-order valence-corrected chi connectivity index (χ2v) is 4.91. The second kappa shape index (κ2) is 6.98. The van der Waals surface area contributed by atoms with Crippen LogP contribution in [0.3, 0.4) is 0 Å². The van der Waals surface area contributed by atoms with E-state index in [2.05, 4.69) is 10.6 Å². The van der Waals surface area contributed by atoms with Crippen LogP contribution in [0, 0.1) is 0 Å². The average Bonchev–Trinajstić information content (AvgIpc) is 2.80. The molecule has 2 N–H and O–H groups in total. The molecular weight excluding hydrogens is 271 g/mol. The summed E-state index contributed by atoms with van der Waals surface area (Å²) in [5.74, 6) is -0.0877. The maximum absolute atomic E-state index is 12.0. The molecule has 0 saturated carbocycles. The van der Waals surface area contributed by atoms with Crippen molar-refractivity contribution in [1.82, 2.24) is 10.6 Å². The van der Waals surface area contributed by atoms with Crippen molar-refractivity contribution in [2.45, 2.75) is 25.3 Å². The molecule has 2 atom stereocenters. The van der Waals surface area contributed by atoms with Crippen molar-refractivity contribution in [1.29, 1.82) is 0 Å². The summed E-state index contributed by atoms with van der Waals surface area (Å²) < 4.78 is 0. The molecule has 1 fully saturated rings. The summed E-state index contributed by atoms with van der Waals surface area (Å²) in [6.07, 6.45) is 1.01. The van der Waals surface area contributed by atoms with E-state index in [0.29, 0.717) is 5.02 Å².